The summed E-state index contributed by atoms with van der Waals surface area (Å²) in [6.07, 6.45) is 0. The van der Waals surface area contributed by atoms with Gasteiger partial charge in [-0.05, 0) is 30.3 Å². The van der Waals surface area contributed by atoms with Crippen molar-refractivity contribution in [3.63, 3.8) is 0 Å². The molecule has 0 aromatic heterocycles. The highest BCUT2D eigenvalue weighted by Crippen LogP contribution is 2.24. The zero-order valence-electron chi connectivity index (χ0n) is 11.2. The van der Waals surface area contributed by atoms with Crippen molar-refractivity contribution < 1.29 is 13.6 Å². The van der Waals surface area contributed by atoms with Crippen LogP contribution < -0.4 is 5.32 Å². The normalized spacial score (nSPS) is 10.5. The van der Waals surface area contributed by atoms with Crippen molar-refractivity contribution in [3.8, 4) is 0 Å². The Morgan fingerprint density at radius 1 is 1.09 bits per heavy atom. The third-order valence-corrected chi connectivity index (χ3v) is 4.35. The smallest absolute Gasteiger partial charge is 0.234 e. The van der Waals surface area contributed by atoms with E-state index in [1.54, 1.807) is 6.07 Å². The molecule has 2 rings (SSSR count). The fraction of sp³-hybridized carbons (Fsp3) is 0.133. The van der Waals surface area contributed by atoms with Crippen LogP contribution in [0.15, 0.2) is 36.4 Å². The quantitative estimate of drug-likeness (QED) is 0.798. The van der Waals surface area contributed by atoms with Gasteiger partial charge in [0.25, 0.3) is 0 Å². The molecule has 22 heavy (non-hydrogen) atoms. The molecule has 0 radical (unpaired) electrons. The molecule has 0 bridgehead atoms. The Morgan fingerprint density at radius 3 is 2.55 bits per heavy atom. The van der Waals surface area contributed by atoms with Gasteiger partial charge in [-0.15, -0.1) is 11.8 Å². The van der Waals surface area contributed by atoms with Gasteiger partial charge in [0.2, 0.25) is 5.91 Å². The van der Waals surface area contributed by atoms with Crippen LogP contribution in [0, 0.1) is 11.6 Å². The largest absolute Gasteiger partial charge is 0.325 e. The monoisotopic (exact) mass is 361 g/mol. The van der Waals surface area contributed by atoms with E-state index in [0.29, 0.717) is 16.3 Å². The van der Waals surface area contributed by atoms with E-state index in [2.05, 4.69) is 5.32 Å². The van der Waals surface area contributed by atoms with Crippen LogP contribution in [-0.4, -0.2) is 11.7 Å². The molecule has 0 spiro atoms. The lowest BCUT2D eigenvalue weighted by Crippen LogP contribution is -2.14. The van der Waals surface area contributed by atoms with Crippen LogP contribution in [0.3, 0.4) is 0 Å². The summed E-state index contributed by atoms with van der Waals surface area (Å²) < 4.78 is 26.6. The van der Waals surface area contributed by atoms with Crippen LogP contribution >= 0.6 is 35.0 Å². The summed E-state index contributed by atoms with van der Waals surface area (Å²) in [6.45, 7) is 0. The van der Waals surface area contributed by atoms with Crippen molar-refractivity contribution in [1.29, 1.82) is 0 Å². The summed E-state index contributed by atoms with van der Waals surface area (Å²) in [4.78, 5) is 11.8. The van der Waals surface area contributed by atoms with Gasteiger partial charge in [0.1, 0.15) is 11.6 Å². The second-order valence-electron chi connectivity index (χ2n) is 4.37. The van der Waals surface area contributed by atoms with E-state index in [1.807, 2.05) is 0 Å². The van der Waals surface area contributed by atoms with Crippen LogP contribution in [0.25, 0.3) is 0 Å². The first kappa shape index (κ1) is 17.1. The maximum Gasteiger partial charge on any atom is 0.234 e. The summed E-state index contributed by atoms with van der Waals surface area (Å²) in [5.74, 6) is -0.850. The molecule has 1 N–H and O–H groups in total. The lowest BCUT2D eigenvalue weighted by atomic mass is 10.2. The predicted molar refractivity (Wildman–Crippen MR) is 87.6 cm³/mol. The van der Waals surface area contributed by atoms with E-state index < -0.39 is 11.6 Å². The van der Waals surface area contributed by atoms with Crippen molar-refractivity contribution >= 4 is 46.6 Å². The van der Waals surface area contributed by atoms with E-state index in [1.165, 1.54) is 42.1 Å². The van der Waals surface area contributed by atoms with Gasteiger partial charge >= 0.3 is 0 Å². The van der Waals surface area contributed by atoms with Crippen molar-refractivity contribution in [3.05, 3.63) is 63.6 Å². The number of hydrogen-bond acceptors (Lipinski definition) is 2. The molecule has 0 aliphatic rings. The Bertz CT molecular complexity index is 677. The minimum Gasteiger partial charge on any atom is -0.325 e. The molecule has 0 saturated carbocycles. The number of rotatable bonds is 5. The number of nitrogens with one attached hydrogen (secondary N) is 1. The number of thioether (sulfide) groups is 1. The highest BCUT2D eigenvalue weighted by molar-refractivity contribution is 7.99. The third kappa shape index (κ3) is 4.60. The lowest BCUT2D eigenvalue weighted by molar-refractivity contribution is -0.113. The van der Waals surface area contributed by atoms with Crippen molar-refractivity contribution in [2.45, 2.75) is 5.75 Å². The van der Waals surface area contributed by atoms with E-state index in [4.69, 9.17) is 23.2 Å². The molecule has 0 aliphatic heterocycles. The minimum atomic E-state index is -0.553. The summed E-state index contributed by atoms with van der Waals surface area (Å²) >= 11 is 12.8. The van der Waals surface area contributed by atoms with Gasteiger partial charge in [-0.3, -0.25) is 4.79 Å². The fourth-order valence-corrected chi connectivity index (χ4v) is 3.03. The first-order chi connectivity index (χ1) is 10.5. The summed E-state index contributed by atoms with van der Waals surface area (Å²) in [6, 6.07) is 8.36. The summed E-state index contributed by atoms with van der Waals surface area (Å²) in [7, 11) is 0. The molecule has 2 aromatic rings. The molecule has 1 amide bonds. The average Bonchev–Trinajstić information content (AvgIpc) is 2.46. The molecule has 0 atom stereocenters. The van der Waals surface area contributed by atoms with Crippen molar-refractivity contribution in [2.24, 2.45) is 0 Å². The van der Waals surface area contributed by atoms with Gasteiger partial charge in [0.15, 0.2) is 0 Å². The van der Waals surface area contributed by atoms with E-state index >= 15 is 0 Å². The van der Waals surface area contributed by atoms with Gasteiger partial charge in [0, 0.05) is 22.0 Å². The van der Waals surface area contributed by atoms with Crippen molar-refractivity contribution in [2.75, 3.05) is 11.1 Å². The lowest BCUT2D eigenvalue weighted by Gasteiger charge is -2.07. The highest BCUT2D eigenvalue weighted by atomic mass is 35.5. The predicted octanol–water partition coefficient (Wildman–Crippen LogP) is 5.14. The second kappa shape index (κ2) is 7.81. The number of hydrogen-bond donors (Lipinski definition) is 1. The van der Waals surface area contributed by atoms with Crippen LogP contribution in [0.4, 0.5) is 14.5 Å². The molecule has 0 fully saturated rings. The molecule has 0 unspecified atom stereocenters. The summed E-state index contributed by atoms with van der Waals surface area (Å²) in [5, 5.41) is 2.85. The zero-order chi connectivity index (χ0) is 16.1. The number of amides is 1. The topological polar surface area (TPSA) is 29.1 Å². The Morgan fingerprint density at radius 2 is 1.86 bits per heavy atom. The van der Waals surface area contributed by atoms with E-state index in [-0.39, 0.29) is 22.4 Å². The second-order valence-corrected chi connectivity index (χ2v) is 6.17. The molecule has 0 heterocycles. The van der Waals surface area contributed by atoms with Gasteiger partial charge in [-0.25, -0.2) is 8.78 Å². The maximum atomic E-state index is 13.6. The summed E-state index contributed by atoms with van der Waals surface area (Å²) in [5.41, 5.74) is 0.771. The molecule has 116 valence electrons. The van der Waals surface area contributed by atoms with Crippen LogP contribution in [0.1, 0.15) is 5.56 Å². The Kier molecular flexibility index (Phi) is 6.06. The van der Waals surface area contributed by atoms with Gasteiger partial charge < -0.3 is 5.32 Å². The van der Waals surface area contributed by atoms with Gasteiger partial charge in [0.05, 0.1) is 10.8 Å². The number of halogens is 4. The number of anilines is 1. The van der Waals surface area contributed by atoms with E-state index in [0.717, 1.165) is 0 Å². The number of carbonyl (C=O) groups excluding carboxylic acids is 1. The highest BCUT2D eigenvalue weighted by Gasteiger charge is 2.09. The fourth-order valence-electron chi connectivity index (χ4n) is 1.69. The molecule has 0 saturated heterocycles. The average molecular weight is 362 g/mol. The van der Waals surface area contributed by atoms with Gasteiger partial charge in [-0.2, -0.15) is 0 Å². The first-order valence-electron chi connectivity index (χ1n) is 6.23. The SMILES string of the molecule is O=C(CSCc1c(F)cccc1Cl)Nc1ccc(F)c(Cl)c1. The van der Waals surface area contributed by atoms with Gasteiger partial charge in [-0.1, -0.05) is 29.3 Å². The van der Waals surface area contributed by atoms with Crippen molar-refractivity contribution in [1.82, 2.24) is 0 Å². The first-order valence-corrected chi connectivity index (χ1v) is 8.14. The molecule has 7 heteroatoms. The molecular weight excluding hydrogens is 351 g/mol. The Balaban J connectivity index is 1.86. The van der Waals surface area contributed by atoms with Crippen LogP contribution in [0.5, 0.6) is 0 Å². The number of benzene rings is 2. The van der Waals surface area contributed by atoms with E-state index in [9.17, 15) is 13.6 Å². The third-order valence-electron chi connectivity index (χ3n) is 2.74. The molecule has 2 nitrogen and oxygen atoms in total. The molecule has 0 aliphatic carbocycles. The molecular formula is C15H11Cl2F2NOS. The Labute approximate surface area is 140 Å². The van der Waals surface area contributed by atoms with Crippen LogP contribution in [-0.2, 0) is 10.5 Å². The number of carbonyl (C=O) groups is 1. The Hall–Kier alpha value is -1.30. The van der Waals surface area contributed by atoms with Crippen LogP contribution in [0.2, 0.25) is 10.0 Å². The maximum absolute atomic E-state index is 13.6. The minimum absolute atomic E-state index is 0.0661. The molecule has 2 aromatic carbocycles. The standard InChI is InChI=1S/C15H11Cl2F2NOS/c16-11-2-1-3-13(18)10(11)7-22-8-15(21)20-9-4-5-14(19)12(17)6-9/h1-6H,7-8H2,(H,20,21). The zero-order valence-corrected chi connectivity index (χ0v) is 13.5.